The molecular weight excluding hydrogens is 248 g/mol. The molecule has 2 fully saturated rings. The molecule has 2 heterocycles. The zero-order chi connectivity index (χ0) is 13.8. The fourth-order valence-electron chi connectivity index (χ4n) is 2.95. The first-order valence-corrected chi connectivity index (χ1v) is 6.92. The summed E-state index contributed by atoms with van der Waals surface area (Å²) in [5.41, 5.74) is 0. The van der Waals surface area contributed by atoms with E-state index >= 15 is 0 Å². The van der Waals surface area contributed by atoms with Gasteiger partial charge in [0.2, 0.25) is 5.91 Å². The Morgan fingerprint density at radius 1 is 1.37 bits per heavy atom. The average molecular weight is 270 g/mol. The minimum atomic E-state index is -0.871. The molecule has 3 unspecified atom stereocenters. The number of amides is 1. The van der Waals surface area contributed by atoms with Crippen LogP contribution in [0.5, 0.6) is 0 Å². The molecule has 2 rings (SSSR count). The third kappa shape index (κ3) is 3.67. The number of nitrogens with one attached hydrogen (secondary N) is 1. The number of hydrogen-bond donors (Lipinski definition) is 2. The van der Waals surface area contributed by atoms with Gasteiger partial charge in [0.05, 0.1) is 12.0 Å². The van der Waals surface area contributed by atoms with Crippen LogP contribution in [0.3, 0.4) is 0 Å². The summed E-state index contributed by atoms with van der Waals surface area (Å²) in [5, 5.41) is 11.6. The molecular formula is C13H22N2O4. The van der Waals surface area contributed by atoms with Crippen LogP contribution in [0.2, 0.25) is 0 Å². The molecule has 108 valence electrons. The third-order valence-electron chi connectivity index (χ3n) is 3.97. The Bertz CT molecular complexity index is 348. The molecule has 2 aliphatic rings. The quantitative estimate of drug-likeness (QED) is 0.756. The van der Waals surface area contributed by atoms with Gasteiger partial charge in [0, 0.05) is 20.1 Å². The number of ether oxygens (including phenoxy) is 1. The maximum Gasteiger partial charge on any atom is 0.332 e. The number of carbonyl (C=O) groups is 2. The van der Waals surface area contributed by atoms with Crippen molar-refractivity contribution < 1.29 is 19.4 Å². The minimum Gasteiger partial charge on any atom is -0.479 e. The minimum absolute atomic E-state index is 0.00969. The maximum atomic E-state index is 11.6. The average Bonchev–Trinajstić information content (AvgIpc) is 2.87. The van der Waals surface area contributed by atoms with Gasteiger partial charge in [0.1, 0.15) is 0 Å². The van der Waals surface area contributed by atoms with E-state index in [0.717, 1.165) is 38.9 Å². The van der Waals surface area contributed by atoms with E-state index in [0.29, 0.717) is 6.42 Å². The van der Waals surface area contributed by atoms with Crippen molar-refractivity contribution in [2.75, 3.05) is 26.7 Å². The van der Waals surface area contributed by atoms with Crippen molar-refractivity contribution >= 4 is 11.9 Å². The Kier molecular flexibility index (Phi) is 4.76. The summed E-state index contributed by atoms with van der Waals surface area (Å²) >= 11 is 0. The number of carboxylic acids is 1. The van der Waals surface area contributed by atoms with Gasteiger partial charge in [-0.1, -0.05) is 0 Å². The van der Waals surface area contributed by atoms with Crippen LogP contribution < -0.4 is 5.32 Å². The molecule has 6 heteroatoms. The van der Waals surface area contributed by atoms with Crippen LogP contribution in [0.4, 0.5) is 0 Å². The maximum absolute atomic E-state index is 11.6. The highest BCUT2D eigenvalue weighted by molar-refractivity contribution is 5.78. The van der Waals surface area contributed by atoms with Gasteiger partial charge < -0.3 is 15.2 Å². The first kappa shape index (κ1) is 14.3. The molecule has 0 radical (unpaired) electrons. The number of likely N-dealkylation sites (tertiary alicyclic amines) is 1. The van der Waals surface area contributed by atoms with Crippen LogP contribution in [0.25, 0.3) is 0 Å². The second kappa shape index (κ2) is 6.34. The summed E-state index contributed by atoms with van der Waals surface area (Å²) in [6.45, 7) is 2.44. The smallest absolute Gasteiger partial charge is 0.332 e. The molecule has 0 aromatic rings. The van der Waals surface area contributed by atoms with Gasteiger partial charge in [-0.2, -0.15) is 0 Å². The predicted octanol–water partition coefficient (Wildman–Crippen LogP) is 0.0766. The molecule has 0 spiro atoms. The van der Waals surface area contributed by atoms with Gasteiger partial charge >= 0.3 is 5.97 Å². The van der Waals surface area contributed by atoms with Crippen LogP contribution in [-0.2, 0) is 14.3 Å². The second-order valence-corrected chi connectivity index (χ2v) is 5.38. The number of piperidine rings is 1. The molecule has 1 amide bonds. The van der Waals surface area contributed by atoms with Gasteiger partial charge in [-0.25, -0.2) is 4.79 Å². The van der Waals surface area contributed by atoms with E-state index in [1.165, 1.54) is 0 Å². The van der Waals surface area contributed by atoms with Gasteiger partial charge in [-0.3, -0.25) is 9.69 Å². The van der Waals surface area contributed by atoms with E-state index < -0.39 is 12.1 Å². The largest absolute Gasteiger partial charge is 0.479 e. The number of hydrogen-bond acceptors (Lipinski definition) is 4. The van der Waals surface area contributed by atoms with E-state index in [1.54, 1.807) is 7.05 Å². The fraction of sp³-hybridized carbons (Fsp3) is 0.846. The lowest BCUT2D eigenvalue weighted by molar-refractivity contribution is -0.149. The number of aliphatic carboxylic acids is 1. The SMILES string of the molecule is CNC(=O)C1CCCN(CC2CCC(C(=O)O)O2)C1. The number of carboxylic acid groups (broad SMARTS) is 1. The van der Waals surface area contributed by atoms with E-state index in [-0.39, 0.29) is 17.9 Å². The van der Waals surface area contributed by atoms with Gasteiger partial charge in [0.25, 0.3) is 0 Å². The summed E-state index contributed by atoms with van der Waals surface area (Å²) in [5.74, 6) is -0.722. The summed E-state index contributed by atoms with van der Waals surface area (Å²) in [6.07, 6.45) is 2.66. The first-order valence-electron chi connectivity index (χ1n) is 6.92. The van der Waals surface area contributed by atoms with Gasteiger partial charge in [0.15, 0.2) is 6.10 Å². The molecule has 0 saturated carbocycles. The summed E-state index contributed by atoms with van der Waals surface area (Å²) in [6, 6.07) is 0. The molecule has 3 atom stereocenters. The Hall–Kier alpha value is -1.14. The lowest BCUT2D eigenvalue weighted by Gasteiger charge is -2.33. The molecule has 6 nitrogen and oxygen atoms in total. The summed E-state index contributed by atoms with van der Waals surface area (Å²) < 4.78 is 5.51. The van der Waals surface area contributed by atoms with Gasteiger partial charge in [-0.15, -0.1) is 0 Å². The summed E-state index contributed by atoms with van der Waals surface area (Å²) in [4.78, 5) is 24.7. The van der Waals surface area contributed by atoms with Crippen molar-refractivity contribution in [3.63, 3.8) is 0 Å². The zero-order valence-corrected chi connectivity index (χ0v) is 11.3. The van der Waals surface area contributed by atoms with Gasteiger partial charge in [-0.05, 0) is 32.2 Å². The van der Waals surface area contributed by atoms with Crippen LogP contribution >= 0.6 is 0 Å². The van der Waals surface area contributed by atoms with Crippen LogP contribution in [0.15, 0.2) is 0 Å². The van der Waals surface area contributed by atoms with Crippen molar-refractivity contribution in [2.45, 2.75) is 37.9 Å². The van der Waals surface area contributed by atoms with E-state index in [2.05, 4.69) is 10.2 Å². The lowest BCUT2D eigenvalue weighted by atomic mass is 9.97. The molecule has 0 bridgehead atoms. The van der Waals surface area contributed by atoms with Crippen LogP contribution in [-0.4, -0.2) is 60.8 Å². The number of carbonyl (C=O) groups excluding carboxylic acids is 1. The van der Waals surface area contributed by atoms with Crippen molar-refractivity contribution in [3.8, 4) is 0 Å². The predicted molar refractivity (Wildman–Crippen MR) is 68.8 cm³/mol. The Morgan fingerprint density at radius 2 is 2.16 bits per heavy atom. The Balaban J connectivity index is 1.80. The first-order chi connectivity index (χ1) is 9.10. The second-order valence-electron chi connectivity index (χ2n) is 5.38. The monoisotopic (exact) mass is 270 g/mol. The highest BCUT2D eigenvalue weighted by Crippen LogP contribution is 2.23. The van der Waals surface area contributed by atoms with E-state index in [9.17, 15) is 9.59 Å². The molecule has 2 aliphatic heterocycles. The van der Waals surface area contributed by atoms with Crippen molar-refractivity contribution in [2.24, 2.45) is 5.92 Å². The fourth-order valence-corrected chi connectivity index (χ4v) is 2.95. The molecule has 0 aromatic carbocycles. The summed E-state index contributed by atoms with van der Waals surface area (Å²) in [7, 11) is 1.67. The molecule has 0 aromatic heterocycles. The molecule has 19 heavy (non-hydrogen) atoms. The van der Waals surface area contributed by atoms with Crippen LogP contribution in [0.1, 0.15) is 25.7 Å². The van der Waals surface area contributed by atoms with Crippen molar-refractivity contribution in [1.29, 1.82) is 0 Å². The van der Waals surface area contributed by atoms with Crippen molar-refractivity contribution in [1.82, 2.24) is 10.2 Å². The van der Waals surface area contributed by atoms with Crippen LogP contribution in [0, 0.1) is 5.92 Å². The van der Waals surface area contributed by atoms with E-state index in [4.69, 9.17) is 9.84 Å². The molecule has 0 aliphatic carbocycles. The number of nitrogens with zero attached hydrogens (tertiary/aromatic N) is 1. The standard InChI is InChI=1S/C13H22N2O4/c1-14-12(16)9-3-2-6-15(7-9)8-10-4-5-11(19-10)13(17)18/h9-11H,2-8H2,1H3,(H,14,16)(H,17,18). The van der Waals surface area contributed by atoms with Crippen molar-refractivity contribution in [3.05, 3.63) is 0 Å². The number of rotatable bonds is 4. The zero-order valence-electron chi connectivity index (χ0n) is 11.3. The lowest BCUT2D eigenvalue weighted by Crippen LogP contribution is -2.44. The molecule has 2 saturated heterocycles. The third-order valence-corrected chi connectivity index (χ3v) is 3.97. The topological polar surface area (TPSA) is 78.9 Å². The Morgan fingerprint density at radius 3 is 2.79 bits per heavy atom. The molecule has 2 N–H and O–H groups in total. The highest BCUT2D eigenvalue weighted by Gasteiger charge is 2.33. The Labute approximate surface area is 113 Å². The normalized spacial score (nSPS) is 32.2. The highest BCUT2D eigenvalue weighted by atomic mass is 16.5. The van der Waals surface area contributed by atoms with E-state index in [1.807, 2.05) is 0 Å².